The zero-order chi connectivity index (χ0) is 18.2. The molecule has 3 N–H and O–H groups in total. The van der Waals surface area contributed by atoms with Crippen LogP contribution in [0.25, 0.3) is 11.5 Å². The molecule has 1 aliphatic heterocycles. The van der Waals surface area contributed by atoms with Gasteiger partial charge in [-0.25, -0.2) is 4.68 Å². The number of amides is 2. The molecule has 1 aliphatic rings. The van der Waals surface area contributed by atoms with E-state index in [1.165, 1.54) is 0 Å². The van der Waals surface area contributed by atoms with Gasteiger partial charge >= 0.3 is 0 Å². The maximum absolute atomic E-state index is 12.4. The van der Waals surface area contributed by atoms with E-state index in [0.717, 1.165) is 0 Å². The van der Waals surface area contributed by atoms with Gasteiger partial charge in [0.05, 0.1) is 6.26 Å². The van der Waals surface area contributed by atoms with Crippen molar-refractivity contribution in [2.45, 2.75) is 46.4 Å². The zero-order valence-electron chi connectivity index (χ0n) is 14.8. The van der Waals surface area contributed by atoms with Crippen LogP contribution in [0.2, 0.25) is 0 Å². The molecule has 0 bridgehead atoms. The maximum atomic E-state index is 12.4. The number of carbonyl (C=O) groups excluding carboxylic acids is 2. The number of aromatic nitrogens is 2. The van der Waals surface area contributed by atoms with Crippen molar-refractivity contribution >= 4 is 17.6 Å². The molecular formula is C17H23N5O3. The molecule has 0 aliphatic carbocycles. The zero-order valence-corrected chi connectivity index (χ0v) is 14.8. The SMILES string of the molecule is CC1CC(=O)NC(n2nc(-c3ccco3)cc2NC(=O)C(C)(C)C)N1. The Morgan fingerprint density at radius 3 is 2.80 bits per heavy atom. The van der Waals surface area contributed by atoms with Crippen LogP contribution in [0.15, 0.2) is 28.9 Å². The van der Waals surface area contributed by atoms with Crippen molar-refractivity contribution in [2.75, 3.05) is 5.32 Å². The molecule has 2 aromatic heterocycles. The Kier molecular flexibility index (Phi) is 4.38. The highest BCUT2D eigenvalue weighted by atomic mass is 16.3. The van der Waals surface area contributed by atoms with Crippen LogP contribution in [0.3, 0.4) is 0 Å². The molecule has 25 heavy (non-hydrogen) atoms. The maximum Gasteiger partial charge on any atom is 0.230 e. The highest BCUT2D eigenvalue weighted by Gasteiger charge is 2.29. The minimum atomic E-state index is -0.559. The van der Waals surface area contributed by atoms with Crippen LogP contribution in [-0.2, 0) is 9.59 Å². The van der Waals surface area contributed by atoms with E-state index in [4.69, 9.17) is 4.42 Å². The van der Waals surface area contributed by atoms with Gasteiger partial charge in [0.1, 0.15) is 11.5 Å². The summed E-state index contributed by atoms with van der Waals surface area (Å²) in [6.45, 7) is 7.42. The van der Waals surface area contributed by atoms with Gasteiger partial charge in [0.15, 0.2) is 12.0 Å². The first-order valence-corrected chi connectivity index (χ1v) is 8.24. The van der Waals surface area contributed by atoms with E-state index < -0.39 is 11.7 Å². The third kappa shape index (κ3) is 3.74. The van der Waals surface area contributed by atoms with Crippen LogP contribution < -0.4 is 16.0 Å². The number of anilines is 1. The number of furan rings is 1. The fraction of sp³-hybridized carbons (Fsp3) is 0.471. The van der Waals surface area contributed by atoms with E-state index in [2.05, 4.69) is 21.0 Å². The van der Waals surface area contributed by atoms with Gasteiger partial charge in [0, 0.05) is 23.9 Å². The molecule has 134 valence electrons. The predicted molar refractivity (Wildman–Crippen MR) is 92.4 cm³/mol. The van der Waals surface area contributed by atoms with Crippen LogP contribution in [-0.4, -0.2) is 27.6 Å². The second-order valence-corrected chi connectivity index (χ2v) is 7.28. The molecule has 2 amide bonds. The second kappa shape index (κ2) is 6.36. The number of rotatable bonds is 3. The summed E-state index contributed by atoms with van der Waals surface area (Å²) < 4.78 is 6.96. The summed E-state index contributed by atoms with van der Waals surface area (Å²) in [6.07, 6.45) is 1.41. The van der Waals surface area contributed by atoms with Gasteiger partial charge in [0.2, 0.25) is 11.8 Å². The summed E-state index contributed by atoms with van der Waals surface area (Å²) in [5.74, 6) is 0.854. The second-order valence-electron chi connectivity index (χ2n) is 7.28. The van der Waals surface area contributed by atoms with Crippen molar-refractivity contribution in [2.24, 2.45) is 5.41 Å². The number of carbonyl (C=O) groups is 2. The summed E-state index contributed by atoms with van der Waals surface area (Å²) in [6, 6.07) is 5.29. The molecule has 2 atom stereocenters. The van der Waals surface area contributed by atoms with Gasteiger partial charge in [-0.2, -0.15) is 5.10 Å². The lowest BCUT2D eigenvalue weighted by Crippen LogP contribution is -2.52. The van der Waals surface area contributed by atoms with E-state index in [1.807, 2.05) is 27.7 Å². The highest BCUT2D eigenvalue weighted by Crippen LogP contribution is 2.26. The third-order valence-corrected chi connectivity index (χ3v) is 3.91. The Balaban J connectivity index is 1.97. The number of hydrogen-bond acceptors (Lipinski definition) is 5. The van der Waals surface area contributed by atoms with Gasteiger partial charge in [-0.15, -0.1) is 0 Å². The van der Waals surface area contributed by atoms with Crippen molar-refractivity contribution < 1.29 is 14.0 Å². The van der Waals surface area contributed by atoms with Crippen molar-refractivity contribution in [3.63, 3.8) is 0 Å². The lowest BCUT2D eigenvalue weighted by atomic mass is 9.96. The van der Waals surface area contributed by atoms with Gasteiger partial charge < -0.3 is 15.1 Å². The summed E-state index contributed by atoms with van der Waals surface area (Å²) in [5.41, 5.74) is 0.0136. The molecule has 0 aromatic carbocycles. The minimum absolute atomic E-state index is 0.00109. The van der Waals surface area contributed by atoms with E-state index in [1.54, 1.807) is 29.1 Å². The monoisotopic (exact) mass is 345 g/mol. The van der Waals surface area contributed by atoms with Crippen molar-refractivity contribution in [3.8, 4) is 11.5 Å². The minimum Gasteiger partial charge on any atom is -0.463 e. The van der Waals surface area contributed by atoms with E-state index in [-0.39, 0.29) is 17.9 Å². The molecule has 2 aromatic rings. The summed E-state index contributed by atoms with van der Waals surface area (Å²) in [5, 5.41) is 13.5. The summed E-state index contributed by atoms with van der Waals surface area (Å²) in [4.78, 5) is 24.3. The van der Waals surface area contributed by atoms with Gasteiger partial charge in [0.25, 0.3) is 0 Å². The van der Waals surface area contributed by atoms with Gasteiger partial charge in [-0.3, -0.25) is 14.9 Å². The Labute approximate surface area is 146 Å². The normalized spacial score (nSPS) is 21.0. The van der Waals surface area contributed by atoms with E-state index in [9.17, 15) is 9.59 Å². The van der Waals surface area contributed by atoms with E-state index in [0.29, 0.717) is 23.7 Å². The summed E-state index contributed by atoms with van der Waals surface area (Å²) >= 11 is 0. The first-order valence-electron chi connectivity index (χ1n) is 8.24. The number of hydrogen-bond donors (Lipinski definition) is 3. The molecule has 1 saturated heterocycles. The molecule has 0 radical (unpaired) electrons. The van der Waals surface area contributed by atoms with Gasteiger partial charge in [-0.1, -0.05) is 20.8 Å². The van der Waals surface area contributed by atoms with Crippen molar-refractivity contribution in [1.82, 2.24) is 20.4 Å². The first-order chi connectivity index (χ1) is 11.7. The molecule has 2 unspecified atom stereocenters. The smallest absolute Gasteiger partial charge is 0.230 e. The Bertz CT molecular complexity index is 773. The largest absolute Gasteiger partial charge is 0.463 e. The molecule has 3 heterocycles. The molecule has 8 nitrogen and oxygen atoms in total. The molecule has 3 rings (SSSR count). The third-order valence-electron chi connectivity index (χ3n) is 3.91. The Morgan fingerprint density at radius 2 is 2.20 bits per heavy atom. The molecule has 0 saturated carbocycles. The number of nitrogens with one attached hydrogen (secondary N) is 3. The molecule has 0 spiro atoms. The average molecular weight is 345 g/mol. The Hall–Kier alpha value is -2.61. The van der Waals surface area contributed by atoms with Crippen LogP contribution in [0, 0.1) is 5.41 Å². The standard InChI is InChI=1S/C17H23N5O3/c1-10-8-14(23)20-16(18-10)22-13(19-15(24)17(2,3)4)9-11(21-22)12-6-5-7-25-12/h5-7,9-10,16,18H,8H2,1-4H3,(H,19,24)(H,20,23). The number of nitrogens with zero attached hydrogens (tertiary/aromatic N) is 2. The molecular weight excluding hydrogens is 322 g/mol. The van der Waals surface area contributed by atoms with E-state index >= 15 is 0 Å². The predicted octanol–water partition coefficient (Wildman–Crippen LogP) is 2.08. The van der Waals surface area contributed by atoms with Crippen molar-refractivity contribution in [1.29, 1.82) is 0 Å². The van der Waals surface area contributed by atoms with Crippen LogP contribution >= 0.6 is 0 Å². The lowest BCUT2D eigenvalue weighted by molar-refractivity contribution is -0.125. The first kappa shape index (κ1) is 17.2. The molecule has 1 fully saturated rings. The lowest BCUT2D eigenvalue weighted by Gasteiger charge is -2.30. The summed E-state index contributed by atoms with van der Waals surface area (Å²) in [7, 11) is 0. The van der Waals surface area contributed by atoms with Crippen LogP contribution in [0.1, 0.15) is 40.4 Å². The van der Waals surface area contributed by atoms with Gasteiger partial charge in [-0.05, 0) is 19.1 Å². The highest BCUT2D eigenvalue weighted by molar-refractivity contribution is 5.94. The Morgan fingerprint density at radius 1 is 1.44 bits per heavy atom. The van der Waals surface area contributed by atoms with Crippen LogP contribution in [0.4, 0.5) is 5.82 Å². The van der Waals surface area contributed by atoms with Crippen molar-refractivity contribution in [3.05, 3.63) is 24.5 Å². The fourth-order valence-corrected chi connectivity index (χ4v) is 2.52. The molecule has 8 heteroatoms. The van der Waals surface area contributed by atoms with Crippen LogP contribution in [0.5, 0.6) is 0 Å². The topological polar surface area (TPSA) is 101 Å². The average Bonchev–Trinajstić information content (AvgIpc) is 3.13. The quantitative estimate of drug-likeness (QED) is 0.791. The fourth-order valence-electron chi connectivity index (χ4n) is 2.52.